The lowest BCUT2D eigenvalue weighted by Gasteiger charge is -2.10. The maximum Gasteiger partial charge on any atom is 0.240 e. The van der Waals surface area contributed by atoms with E-state index in [1.165, 1.54) is 0 Å². The minimum atomic E-state index is 0.0811. The Hall–Kier alpha value is -2.93. The molecule has 0 bridgehead atoms. The highest BCUT2D eigenvalue weighted by molar-refractivity contribution is 5.60. The van der Waals surface area contributed by atoms with E-state index in [2.05, 4.69) is 20.4 Å². The molecule has 7 heteroatoms. The Bertz CT molecular complexity index is 820. The van der Waals surface area contributed by atoms with Crippen LogP contribution in [0.3, 0.4) is 0 Å². The molecule has 7 nitrogen and oxygen atoms in total. The fraction of sp³-hybridized carbons (Fsp3) is 0.278. The summed E-state index contributed by atoms with van der Waals surface area (Å²) in [7, 11) is 3.19. The lowest BCUT2D eigenvalue weighted by molar-refractivity contribution is 0.354. The molecule has 0 saturated carbocycles. The summed E-state index contributed by atoms with van der Waals surface area (Å²) in [6.07, 6.45) is 1.77. The van der Waals surface area contributed by atoms with E-state index in [1.807, 2.05) is 43.3 Å². The number of hydrogen-bond acceptors (Lipinski definition) is 7. The van der Waals surface area contributed by atoms with Crippen molar-refractivity contribution in [3.8, 4) is 22.9 Å². The van der Waals surface area contributed by atoms with Crippen LogP contribution in [-0.2, 0) is 6.54 Å². The number of nitrogens with one attached hydrogen (secondary N) is 1. The molecule has 2 aromatic heterocycles. The minimum absolute atomic E-state index is 0.0811. The van der Waals surface area contributed by atoms with Crippen LogP contribution in [0.4, 0.5) is 0 Å². The predicted octanol–water partition coefficient (Wildman–Crippen LogP) is 3.00. The third-order valence-corrected chi connectivity index (χ3v) is 3.80. The quantitative estimate of drug-likeness (QED) is 0.708. The number of methoxy groups -OCH3 is 2. The third kappa shape index (κ3) is 3.95. The molecule has 0 aliphatic rings. The van der Waals surface area contributed by atoms with Crippen molar-refractivity contribution >= 4 is 0 Å². The number of hydrogen-bond donors (Lipinski definition) is 1. The SMILES string of the molecule is COc1ccc(-c2noc(CN[C@@H](C)c3ccccn3)n2)cc1OC. The Morgan fingerprint density at radius 1 is 1.12 bits per heavy atom. The van der Waals surface area contributed by atoms with Crippen molar-refractivity contribution in [2.24, 2.45) is 0 Å². The molecule has 0 fully saturated rings. The van der Waals surface area contributed by atoms with Gasteiger partial charge in [-0.1, -0.05) is 11.2 Å². The van der Waals surface area contributed by atoms with Crippen LogP contribution in [0, 0.1) is 0 Å². The van der Waals surface area contributed by atoms with Gasteiger partial charge in [0.2, 0.25) is 11.7 Å². The van der Waals surface area contributed by atoms with Crippen LogP contribution in [0.1, 0.15) is 24.6 Å². The van der Waals surface area contributed by atoms with Crippen molar-refractivity contribution in [1.29, 1.82) is 0 Å². The lowest BCUT2D eigenvalue weighted by Crippen LogP contribution is -2.19. The molecule has 0 amide bonds. The Balaban J connectivity index is 1.68. The van der Waals surface area contributed by atoms with Crippen molar-refractivity contribution in [2.75, 3.05) is 14.2 Å². The van der Waals surface area contributed by atoms with Gasteiger partial charge in [0, 0.05) is 17.8 Å². The van der Waals surface area contributed by atoms with Gasteiger partial charge in [-0.3, -0.25) is 4.98 Å². The van der Waals surface area contributed by atoms with Gasteiger partial charge < -0.3 is 19.3 Å². The maximum absolute atomic E-state index is 5.32. The highest BCUT2D eigenvalue weighted by Crippen LogP contribution is 2.31. The van der Waals surface area contributed by atoms with E-state index in [1.54, 1.807) is 20.4 Å². The van der Waals surface area contributed by atoms with E-state index < -0.39 is 0 Å². The standard InChI is InChI=1S/C18H20N4O3/c1-12(14-6-4-5-9-19-14)20-11-17-21-18(22-25-17)13-7-8-15(23-2)16(10-13)24-3/h4-10,12,20H,11H2,1-3H3/t12-/m0/s1. The second-order valence-electron chi connectivity index (χ2n) is 5.44. The van der Waals surface area contributed by atoms with Gasteiger partial charge in [-0.2, -0.15) is 4.98 Å². The van der Waals surface area contributed by atoms with E-state index in [0.717, 1.165) is 11.3 Å². The summed E-state index contributed by atoms with van der Waals surface area (Å²) in [5.41, 5.74) is 1.76. The zero-order chi connectivity index (χ0) is 17.6. The first kappa shape index (κ1) is 16.9. The molecular weight excluding hydrogens is 320 g/mol. The van der Waals surface area contributed by atoms with Gasteiger partial charge in [0.15, 0.2) is 11.5 Å². The third-order valence-electron chi connectivity index (χ3n) is 3.80. The number of aromatic nitrogens is 3. The van der Waals surface area contributed by atoms with Crippen molar-refractivity contribution in [3.63, 3.8) is 0 Å². The summed E-state index contributed by atoms with van der Waals surface area (Å²) in [6.45, 7) is 2.49. The summed E-state index contributed by atoms with van der Waals surface area (Å²) in [5, 5.41) is 7.35. The highest BCUT2D eigenvalue weighted by atomic mass is 16.5. The average molecular weight is 340 g/mol. The molecule has 0 spiro atoms. The summed E-state index contributed by atoms with van der Waals surface area (Å²) in [4.78, 5) is 8.74. The topological polar surface area (TPSA) is 82.3 Å². The van der Waals surface area contributed by atoms with Crippen molar-refractivity contribution < 1.29 is 14.0 Å². The van der Waals surface area contributed by atoms with Crippen LogP contribution in [0.15, 0.2) is 47.1 Å². The molecule has 2 heterocycles. The molecule has 0 unspecified atom stereocenters. The molecule has 3 rings (SSSR count). The Morgan fingerprint density at radius 2 is 1.96 bits per heavy atom. The van der Waals surface area contributed by atoms with Gasteiger partial charge in [0.1, 0.15) is 0 Å². The lowest BCUT2D eigenvalue weighted by atomic mass is 10.2. The Morgan fingerprint density at radius 3 is 2.68 bits per heavy atom. The molecule has 130 valence electrons. The maximum atomic E-state index is 5.32. The number of nitrogens with zero attached hydrogens (tertiary/aromatic N) is 3. The number of ether oxygens (including phenoxy) is 2. The van der Waals surface area contributed by atoms with E-state index in [0.29, 0.717) is 29.8 Å². The molecule has 1 aromatic carbocycles. The van der Waals surface area contributed by atoms with Crippen molar-refractivity contribution in [2.45, 2.75) is 19.5 Å². The molecule has 0 aliphatic heterocycles. The van der Waals surface area contributed by atoms with E-state index in [4.69, 9.17) is 14.0 Å². The normalized spacial score (nSPS) is 12.0. The van der Waals surface area contributed by atoms with Crippen molar-refractivity contribution in [1.82, 2.24) is 20.4 Å². The first-order valence-electron chi connectivity index (χ1n) is 7.90. The van der Waals surface area contributed by atoms with Gasteiger partial charge in [0.05, 0.1) is 26.5 Å². The molecular formula is C18H20N4O3. The van der Waals surface area contributed by atoms with Gasteiger partial charge in [-0.15, -0.1) is 0 Å². The molecule has 0 radical (unpaired) electrons. The van der Waals surface area contributed by atoms with Gasteiger partial charge in [-0.05, 0) is 37.3 Å². The van der Waals surface area contributed by atoms with Gasteiger partial charge in [0.25, 0.3) is 0 Å². The summed E-state index contributed by atoms with van der Waals surface area (Å²) < 4.78 is 15.9. The number of pyridine rings is 1. The summed E-state index contributed by atoms with van der Waals surface area (Å²) in [6, 6.07) is 11.4. The Kier molecular flexibility index (Phi) is 5.25. The van der Waals surface area contributed by atoms with E-state index in [-0.39, 0.29) is 6.04 Å². The van der Waals surface area contributed by atoms with E-state index in [9.17, 15) is 0 Å². The van der Waals surface area contributed by atoms with Crippen LogP contribution < -0.4 is 14.8 Å². The van der Waals surface area contributed by atoms with Crippen LogP contribution in [0.25, 0.3) is 11.4 Å². The first-order valence-corrected chi connectivity index (χ1v) is 7.90. The Labute approximate surface area is 146 Å². The summed E-state index contributed by atoms with van der Waals surface area (Å²) >= 11 is 0. The van der Waals surface area contributed by atoms with Gasteiger partial charge >= 0.3 is 0 Å². The second kappa shape index (κ2) is 7.76. The molecule has 0 aliphatic carbocycles. The smallest absolute Gasteiger partial charge is 0.240 e. The van der Waals surface area contributed by atoms with Crippen LogP contribution >= 0.6 is 0 Å². The first-order chi connectivity index (χ1) is 12.2. The fourth-order valence-electron chi connectivity index (χ4n) is 2.40. The highest BCUT2D eigenvalue weighted by Gasteiger charge is 2.13. The molecule has 25 heavy (non-hydrogen) atoms. The molecule has 1 atom stereocenters. The van der Waals surface area contributed by atoms with Crippen LogP contribution in [0.2, 0.25) is 0 Å². The fourth-order valence-corrected chi connectivity index (χ4v) is 2.40. The molecule has 3 aromatic rings. The largest absolute Gasteiger partial charge is 0.493 e. The van der Waals surface area contributed by atoms with Crippen LogP contribution in [0.5, 0.6) is 11.5 Å². The second-order valence-corrected chi connectivity index (χ2v) is 5.44. The molecule has 0 saturated heterocycles. The summed E-state index contributed by atoms with van der Waals surface area (Å²) in [5.74, 6) is 2.28. The van der Waals surface area contributed by atoms with Gasteiger partial charge in [-0.25, -0.2) is 0 Å². The van der Waals surface area contributed by atoms with Crippen LogP contribution in [-0.4, -0.2) is 29.3 Å². The number of benzene rings is 1. The predicted molar refractivity (Wildman–Crippen MR) is 92.3 cm³/mol. The van der Waals surface area contributed by atoms with E-state index >= 15 is 0 Å². The minimum Gasteiger partial charge on any atom is -0.493 e. The number of rotatable bonds is 7. The monoisotopic (exact) mass is 340 g/mol. The zero-order valence-electron chi connectivity index (χ0n) is 14.4. The molecule has 1 N–H and O–H groups in total. The average Bonchev–Trinajstić information content (AvgIpc) is 3.15. The zero-order valence-corrected chi connectivity index (χ0v) is 14.4. The van der Waals surface area contributed by atoms with Crippen molar-refractivity contribution in [3.05, 3.63) is 54.2 Å².